The van der Waals surface area contributed by atoms with Crippen LogP contribution in [0.15, 0.2) is 0 Å². The summed E-state index contributed by atoms with van der Waals surface area (Å²) in [7, 11) is 0. The molecule has 2 N–H and O–H groups in total. The second kappa shape index (κ2) is 6.46. The number of likely N-dealkylation sites (tertiary alicyclic amines) is 1. The number of urea groups is 1. The van der Waals surface area contributed by atoms with Crippen molar-refractivity contribution in [1.29, 1.82) is 0 Å². The van der Waals surface area contributed by atoms with E-state index in [-0.39, 0.29) is 23.5 Å². The number of hydrogen-bond donors (Lipinski definition) is 2. The third kappa shape index (κ3) is 4.69. The van der Waals surface area contributed by atoms with Gasteiger partial charge in [0.25, 0.3) is 0 Å². The highest BCUT2D eigenvalue weighted by atomic mass is 16.4. The molecule has 1 aliphatic rings. The van der Waals surface area contributed by atoms with E-state index in [9.17, 15) is 14.7 Å². The number of carboxylic acids is 1. The maximum absolute atomic E-state index is 12.4. The first kappa shape index (κ1) is 16.8. The molecule has 5 nitrogen and oxygen atoms in total. The summed E-state index contributed by atoms with van der Waals surface area (Å²) < 4.78 is 0. The normalized spacial score (nSPS) is 25.1. The fourth-order valence-electron chi connectivity index (χ4n) is 2.86. The van der Waals surface area contributed by atoms with Crippen LogP contribution >= 0.6 is 0 Å². The first-order valence-electron chi connectivity index (χ1n) is 7.43. The van der Waals surface area contributed by atoms with E-state index in [0.29, 0.717) is 6.42 Å². The summed E-state index contributed by atoms with van der Waals surface area (Å²) in [6.45, 7) is 9.97. The van der Waals surface area contributed by atoms with E-state index in [2.05, 4.69) is 5.32 Å². The van der Waals surface area contributed by atoms with Crippen LogP contribution in [0.5, 0.6) is 0 Å². The molecule has 0 aromatic carbocycles. The van der Waals surface area contributed by atoms with Crippen molar-refractivity contribution in [3.8, 4) is 0 Å². The summed E-state index contributed by atoms with van der Waals surface area (Å²) in [5.74, 6) is -0.967. The first-order valence-corrected chi connectivity index (χ1v) is 7.43. The fraction of sp³-hybridized carbons (Fsp3) is 0.867. The van der Waals surface area contributed by atoms with Crippen LogP contribution in [0.2, 0.25) is 0 Å². The Balaban J connectivity index is 2.72. The van der Waals surface area contributed by atoms with Crippen molar-refractivity contribution < 1.29 is 14.7 Å². The predicted octanol–water partition coefficient (Wildman–Crippen LogP) is 2.85. The third-order valence-corrected chi connectivity index (χ3v) is 3.84. The van der Waals surface area contributed by atoms with Gasteiger partial charge in [0.2, 0.25) is 0 Å². The summed E-state index contributed by atoms with van der Waals surface area (Å²) in [6, 6.07) is -0.740. The lowest BCUT2D eigenvalue weighted by molar-refractivity contribution is -0.140. The zero-order valence-corrected chi connectivity index (χ0v) is 13.3. The van der Waals surface area contributed by atoms with Crippen molar-refractivity contribution in [3.05, 3.63) is 0 Å². The van der Waals surface area contributed by atoms with Crippen LogP contribution in [-0.2, 0) is 4.79 Å². The molecular formula is C15H28N2O3. The highest BCUT2D eigenvalue weighted by Gasteiger charge is 2.32. The summed E-state index contributed by atoms with van der Waals surface area (Å²) in [5.41, 5.74) is -0.143. The molecule has 2 amide bonds. The highest BCUT2D eigenvalue weighted by Crippen LogP contribution is 2.24. The van der Waals surface area contributed by atoms with E-state index < -0.39 is 12.0 Å². The molecule has 1 fully saturated rings. The summed E-state index contributed by atoms with van der Waals surface area (Å²) in [6.07, 6.45) is 3.50. The van der Waals surface area contributed by atoms with Gasteiger partial charge in [0.15, 0.2) is 0 Å². The largest absolute Gasteiger partial charge is 0.480 e. The minimum atomic E-state index is -0.967. The Bertz CT molecular complexity index is 353. The summed E-state index contributed by atoms with van der Waals surface area (Å²) in [4.78, 5) is 25.5. The molecule has 0 spiro atoms. The number of carboxylic acid groups (broad SMARTS) is 1. The van der Waals surface area contributed by atoms with Gasteiger partial charge in [-0.3, -0.25) is 0 Å². The van der Waals surface area contributed by atoms with Crippen molar-refractivity contribution in [2.24, 2.45) is 5.41 Å². The van der Waals surface area contributed by atoms with Crippen LogP contribution in [-0.4, -0.2) is 40.1 Å². The molecule has 0 bridgehead atoms. The van der Waals surface area contributed by atoms with Crippen molar-refractivity contribution in [2.75, 3.05) is 0 Å². The molecule has 0 aromatic rings. The number of carbonyl (C=O) groups is 2. The molecule has 3 unspecified atom stereocenters. The standard InChI is InChI=1S/C15H28N2O3/c1-10-7-6-8-11(2)17(10)14(20)16-12(13(18)19)9-15(3,4)5/h10-12H,6-9H2,1-5H3,(H,16,20)(H,18,19). The summed E-state index contributed by atoms with van der Waals surface area (Å²) >= 11 is 0. The predicted molar refractivity (Wildman–Crippen MR) is 78.6 cm³/mol. The number of piperidine rings is 1. The molecule has 0 aromatic heterocycles. The lowest BCUT2D eigenvalue weighted by atomic mass is 9.88. The van der Waals surface area contributed by atoms with E-state index in [1.54, 1.807) is 4.90 Å². The number of amides is 2. The summed E-state index contributed by atoms with van der Waals surface area (Å²) in [5, 5.41) is 12.0. The van der Waals surface area contributed by atoms with E-state index in [4.69, 9.17) is 0 Å². The number of rotatable bonds is 3. The third-order valence-electron chi connectivity index (χ3n) is 3.84. The van der Waals surface area contributed by atoms with Crippen LogP contribution < -0.4 is 5.32 Å². The Labute approximate surface area is 121 Å². The minimum Gasteiger partial charge on any atom is -0.480 e. The second-order valence-corrected chi connectivity index (χ2v) is 7.14. The maximum Gasteiger partial charge on any atom is 0.326 e. The fourth-order valence-corrected chi connectivity index (χ4v) is 2.86. The van der Waals surface area contributed by atoms with Crippen molar-refractivity contribution in [1.82, 2.24) is 10.2 Å². The Morgan fingerprint density at radius 3 is 2.15 bits per heavy atom. The number of nitrogens with zero attached hydrogens (tertiary/aromatic N) is 1. The van der Waals surface area contributed by atoms with Gasteiger partial charge in [-0.2, -0.15) is 0 Å². The van der Waals surface area contributed by atoms with E-state index in [0.717, 1.165) is 19.3 Å². The lowest BCUT2D eigenvalue weighted by Gasteiger charge is -2.39. The van der Waals surface area contributed by atoms with Gasteiger partial charge in [-0.1, -0.05) is 20.8 Å². The highest BCUT2D eigenvalue weighted by molar-refractivity contribution is 5.83. The van der Waals surface area contributed by atoms with Gasteiger partial charge in [0.05, 0.1) is 0 Å². The van der Waals surface area contributed by atoms with E-state index >= 15 is 0 Å². The average molecular weight is 284 g/mol. The molecule has 0 saturated carbocycles. The van der Waals surface area contributed by atoms with Crippen LogP contribution in [0.1, 0.15) is 60.3 Å². The first-order chi connectivity index (χ1) is 9.11. The maximum atomic E-state index is 12.4. The van der Waals surface area contributed by atoms with Crippen LogP contribution in [0.25, 0.3) is 0 Å². The monoisotopic (exact) mass is 284 g/mol. The Morgan fingerprint density at radius 2 is 1.75 bits per heavy atom. The van der Waals surface area contributed by atoms with E-state index in [1.807, 2.05) is 34.6 Å². The molecular weight excluding hydrogens is 256 g/mol. The van der Waals surface area contributed by atoms with Crippen molar-refractivity contribution >= 4 is 12.0 Å². The molecule has 1 saturated heterocycles. The van der Waals surface area contributed by atoms with E-state index in [1.165, 1.54) is 0 Å². The zero-order valence-electron chi connectivity index (χ0n) is 13.3. The number of nitrogens with one attached hydrogen (secondary N) is 1. The molecule has 1 heterocycles. The zero-order chi connectivity index (χ0) is 15.5. The topological polar surface area (TPSA) is 69.6 Å². The molecule has 3 atom stereocenters. The van der Waals surface area contributed by atoms with Gasteiger partial charge in [-0.15, -0.1) is 0 Å². The molecule has 0 aliphatic carbocycles. The SMILES string of the molecule is CC1CCCC(C)N1C(=O)NC(CC(C)(C)C)C(=O)O. The average Bonchev–Trinajstić information content (AvgIpc) is 2.25. The molecule has 20 heavy (non-hydrogen) atoms. The number of carbonyl (C=O) groups excluding carboxylic acids is 1. The number of hydrogen-bond acceptors (Lipinski definition) is 2. The van der Waals surface area contributed by atoms with Crippen LogP contribution in [0.4, 0.5) is 4.79 Å². The minimum absolute atomic E-state index is 0.143. The van der Waals surface area contributed by atoms with Gasteiger partial charge in [0.1, 0.15) is 6.04 Å². The van der Waals surface area contributed by atoms with Crippen molar-refractivity contribution in [2.45, 2.75) is 78.4 Å². The van der Waals surface area contributed by atoms with Gasteiger partial charge < -0.3 is 15.3 Å². The Hall–Kier alpha value is -1.26. The van der Waals surface area contributed by atoms with Crippen LogP contribution in [0, 0.1) is 5.41 Å². The molecule has 5 heteroatoms. The van der Waals surface area contributed by atoms with Gasteiger partial charge in [0, 0.05) is 12.1 Å². The molecule has 0 radical (unpaired) electrons. The molecule has 116 valence electrons. The second-order valence-electron chi connectivity index (χ2n) is 7.14. The van der Waals surface area contributed by atoms with Gasteiger partial charge in [-0.05, 0) is 44.9 Å². The molecule has 1 aliphatic heterocycles. The molecule has 1 rings (SSSR count). The van der Waals surface area contributed by atoms with Gasteiger partial charge in [-0.25, -0.2) is 9.59 Å². The quantitative estimate of drug-likeness (QED) is 0.837. The number of aliphatic carboxylic acids is 1. The van der Waals surface area contributed by atoms with Crippen molar-refractivity contribution in [3.63, 3.8) is 0 Å². The van der Waals surface area contributed by atoms with Crippen LogP contribution in [0.3, 0.4) is 0 Å². The Morgan fingerprint density at radius 1 is 1.25 bits per heavy atom. The lowest BCUT2D eigenvalue weighted by Crippen LogP contribution is -2.55. The Kier molecular flexibility index (Phi) is 5.42. The van der Waals surface area contributed by atoms with Gasteiger partial charge >= 0.3 is 12.0 Å². The smallest absolute Gasteiger partial charge is 0.326 e.